The van der Waals surface area contributed by atoms with E-state index in [1.54, 1.807) is 0 Å². The van der Waals surface area contributed by atoms with E-state index in [1.807, 2.05) is 53.5 Å². The van der Waals surface area contributed by atoms with Crippen molar-refractivity contribution >= 4 is 11.4 Å². The zero-order chi connectivity index (χ0) is 17.9. The van der Waals surface area contributed by atoms with Crippen LogP contribution in [0.15, 0.2) is 90.0 Å². The summed E-state index contributed by atoms with van der Waals surface area (Å²) in [4.78, 5) is 0. The van der Waals surface area contributed by atoms with Gasteiger partial charge < -0.3 is 5.11 Å². The van der Waals surface area contributed by atoms with Crippen LogP contribution in [0.2, 0.25) is 0 Å². The fourth-order valence-corrected chi connectivity index (χ4v) is 3.67. The molecule has 1 N–H and O–H groups in total. The Morgan fingerprint density at radius 1 is 0.885 bits per heavy atom. The number of aryl methyl sites for hydroxylation is 1. The molecule has 0 unspecified atom stereocenters. The fourth-order valence-electron chi connectivity index (χ4n) is 3.67. The Kier molecular flexibility index (Phi) is 4.55. The van der Waals surface area contributed by atoms with Gasteiger partial charge in [0.1, 0.15) is 0 Å². The van der Waals surface area contributed by atoms with Gasteiger partial charge in [-0.3, -0.25) is 5.01 Å². The Morgan fingerprint density at radius 2 is 1.58 bits per heavy atom. The van der Waals surface area contributed by atoms with Crippen molar-refractivity contribution < 1.29 is 5.11 Å². The average molecular weight is 342 g/mol. The van der Waals surface area contributed by atoms with Crippen LogP contribution >= 0.6 is 0 Å². The van der Waals surface area contributed by atoms with Gasteiger partial charge in [0.05, 0.1) is 30.0 Å². The topological polar surface area (TPSA) is 35.8 Å². The normalized spacial score (nSPS) is 19.5. The van der Waals surface area contributed by atoms with E-state index >= 15 is 0 Å². The molecule has 0 saturated heterocycles. The van der Waals surface area contributed by atoms with Gasteiger partial charge in [-0.1, -0.05) is 78.4 Å². The molecule has 1 heterocycles. The quantitative estimate of drug-likeness (QED) is 0.764. The van der Waals surface area contributed by atoms with Crippen LogP contribution in [0.5, 0.6) is 0 Å². The van der Waals surface area contributed by atoms with E-state index < -0.39 is 0 Å². The van der Waals surface area contributed by atoms with Crippen molar-refractivity contribution in [3.05, 3.63) is 102 Å². The second-order valence-electron chi connectivity index (χ2n) is 6.67. The first kappa shape index (κ1) is 16.6. The molecule has 0 radical (unpaired) electrons. The smallest absolute Gasteiger partial charge is 0.0881 e. The minimum Gasteiger partial charge on any atom is -0.394 e. The summed E-state index contributed by atoms with van der Waals surface area (Å²) in [5, 5.41) is 17.2. The Morgan fingerprint density at radius 3 is 2.23 bits per heavy atom. The number of para-hydroxylation sites is 1. The molecule has 0 fully saturated rings. The van der Waals surface area contributed by atoms with Crippen LogP contribution in [-0.4, -0.2) is 23.5 Å². The van der Waals surface area contributed by atoms with Crippen molar-refractivity contribution in [2.24, 2.45) is 5.10 Å². The first-order chi connectivity index (χ1) is 12.8. The minimum atomic E-state index is -0.129. The monoisotopic (exact) mass is 342 g/mol. The van der Waals surface area contributed by atoms with E-state index in [9.17, 15) is 5.11 Å². The number of hydrogen-bond acceptors (Lipinski definition) is 3. The maximum atomic E-state index is 10.2. The summed E-state index contributed by atoms with van der Waals surface area (Å²) in [5.74, 6) is 0.0169. The molecule has 0 spiro atoms. The largest absolute Gasteiger partial charge is 0.394 e. The molecule has 26 heavy (non-hydrogen) atoms. The molecule has 0 aliphatic carbocycles. The number of hydrogen-bond donors (Lipinski definition) is 1. The number of benzene rings is 3. The van der Waals surface area contributed by atoms with Gasteiger partial charge in [0.15, 0.2) is 0 Å². The molecular weight excluding hydrogens is 320 g/mol. The van der Waals surface area contributed by atoms with Crippen LogP contribution in [0.1, 0.15) is 22.6 Å². The first-order valence-corrected chi connectivity index (χ1v) is 8.93. The molecule has 3 aromatic carbocycles. The van der Waals surface area contributed by atoms with E-state index in [4.69, 9.17) is 5.10 Å². The molecule has 3 nitrogen and oxygen atoms in total. The van der Waals surface area contributed by atoms with Gasteiger partial charge in [0.25, 0.3) is 0 Å². The van der Waals surface area contributed by atoms with Crippen LogP contribution in [0.3, 0.4) is 0 Å². The third-order valence-corrected chi connectivity index (χ3v) is 4.89. The van der Waals surface area contributed by atoms with Crippen LogP contribution in [0, 0.1) is 6.92 Å². The van der Waals surface area contributed by atoms with Crippen molar-refractivity contribution in [1.29, 1.82) is 0 Å². The van der Waals surface area contributed by atoms with Crippen LogP contribution in [0.25, 0.3) is 0 Å². The maximum Gasteiger partial charge on any atom is 0.0881 e. The molecule has 2 atom stereocenters. The molecule has 0 aromatic heterocycles. The number of aliphatic hydroxyl groups excluding tert-OH is 1. The van der Waals surface area contributed by atoms with E-state index in [1.165, 1.54) is 11.1 Å². The third-order valence-electron chi connectivity index (χ3n) is 4.89. The number of hydrazone groups is 1. The molecule has 0 bridgehead atoms. The Bertz CT molecular complexity index is 906. The van der Waals surface area contributed by atoms with E-state index in [0.29, 0.717) is 0 Å². The summed E-state index contributed by atoms with van der Waals surface area (Å²) in [6.45, 7) is 2.13. The summed E-state index contributed by atoms with van der Waals surface area (Å²) < 4.78 is 0. The zero-order valence-corrected chi connectivity index (χ0v) is 14.8. The second-order valence-corrected chi connectivity index (χ2v) is 6.67. The second kappa shape index (κ2) is 7.14. The molecule has 1 aliphatic rings. The van der Waals surface area contributed by atoms with E-state index in [2.05, 4.69) is 43.3 Å². The molecule has 130 valence electrons. The zero-order valence-electron chi connectivity index (χ0n) is 14.8. The average Bonchev–Trinajstić information content (AvgIpc) is 3.09. The van der Waals surface area contributed by atoms with Gasteiger partial charge in [-0.05, 0) is 30.2 Å². The molecule has 0 amide bonds. The fraction of sp³-hybridized carbons (Fsp3) is 0.174. The maximum absolute atomic E-state index is 10.2. The molecule has 0 saturated carbocycles. The molecule has 3 aromatic rings. The lowest BCUT2D eigenvalue weighted by Gasteiger charge is -2.26. The van der Waals surface area contributed by atoms with Gasteiger partial charge in [-0.25, -0.2) is 0 Å². The summed E-state index contributed by atoms with van der Waals surface area (Å²) >= 11 is 0. The van der Waals surface area contributed by atoms with Crippen molar-refractivity contribution in [2.45, 2.75) is 18.9 Å². The molecular formula is C23H22N2O. The number of rotatable bonds is 4. The predicted octanol–water partition coefficient (Wildman–Crippen LogP) is 4.36. The predicted molar refractivity (Wildman–Crippen MR) is 107 cm³/mol. The Balaban J connectivity index is 1.85. The summed E-state index contributed by atoms with van der Waals surface area (Å²) in [7, 11) is 0. The minimum absolute atomic E-state index is 0.0169. The van der Waals surface area contributed by atoms with Crippen molar-refractivity contribution in [1.82, 2.24) is 0 Å². The summed E-state index contributed by atoms with van der Waals surface area (Å²) in [6.07, 6.45) is 0. The highest BCUT2D eigenvalue weighted by atomic mass is 16.3. The lowest BCUT2D eigenvalue weighted by atomic mass is 9.85. The summed E-state index contributed by atoms with van der Waals surface area (Å²) in [6, 6.07) is 28.7. The third kappa shape index (κ3) is 3.02. The van der Waals surface area contributed by atoms with Gasteiger partial charge in [-0.2, -0.15) is 5.10 Å². The van der Waals surface area contributed by atoms with E-state index in [-0.39, 0.29) is 18.6 Å². The molecule has 3 heteroatoms. The van der Waals surface area contributed by atoms with Crippen LogP contribution < -0.4 is 5.01 Å². The highest BCUT2D eigenvalue weighted by Gasteiger charge is 2.39. The van der Waals surface area contributed by atoms with Crippen molar-refractivity contribution in [3.8, 4) is 0 Å². The van der Waals surface area contributed by atoms with Gasteiger partial charge in [0.2, 0.25) is 0 Å². The lowest BCUT2D eigenvalue weighted by molar-refractivity contribution is 0.259. The first-order valence-electron chi connectivity index (χ1n) is 8.93. The number of aliphatic hydroxyl groups is 1. The van der Waals surface area contributed by atoms with E-state index in [0.717, 1.165) is 17.0 Å². The highest BCUT2D eigenvalue weighted by Crippen LogP contribution is 2.37. The highest BCUT2D eigenvalue weighted by molar-refractivity contribution is 6.08. The van der Waals surface area contributed by atoms with Crippen LogP contribution in [0.4, 0.5) is 5.69 Å². The number of anilines is 1. The molecule has 1 aliphatic heterocycles. The molecule has 4 rings (SSSR count). The van der Waals surface area contributed by atoms with Gasteiger partial charge in [-0.15, -0.1) is 0 Å². The van der Waals surface area contributed by atoms with Gasteiger partial charge in [0, 0.05) is 0 Å². The van der Waals surface area contributed by atoms with Crippen LogP contribution in [-0.2, 0) is 0 Å². The van der Waals surface area contributed by atoms with Crippen molar-refractivity contribution in [2.75, 3.05) is 11.6 Å². The standard InChI is InChI=1S/C23H22N2O/c1-17-9-8-12-19(15-17)23-22(18-10-4-2-5-11-18)21(16-26)25(24-23)20-13-6-3-7-14-20/h2-15,21-22,26H,16H2,1H3/t21-,22+/m1/s1. The Hall–Kier alpha value is -2.91. The summed E-state index contributed by atoms with van der Waals surface area (Å²) in [5.41, 5.74) is 5.48. The number of nitrogens with zero attached hydrogens (tertiary/aromatic N) is 2. The van der Waals surface area contributed by atoms with Crippen molar-refractivity contribution in [3.63, 3.8) is 0 Å². The lowest BCUT2D eigenvalue weighted by Crippen LogP contribution is -2.35. The SMILES string of the molecule is Cc1cccc(C2=NN(c3ccccc3)[C@H](CO)[C@@H]2c2ccccc2)c1. The Labute approximate surface area is 154 Å². The van der Waals surface area contributed by atoms with Gasteiger partial charge >= 0.3 is 0 Å².